The molecule has 0 aliphatic heterocycles. The molecule has 0 aromatic heterocycles. The SMILES string of the molecule is CCC(C)(C)Oc1ccc(I)cc1N. The van der Waals surface area contributed by atoms with Crippen LogP contribution in [0.3, 0.4) is 0 Å². The summed E-state index contributed by atoms with van der Waals surface area (Å²) in [5.74, 6) is 0.775. The van der Waals surface area contributed by atoms with E-state index in [1.54, 1.807) is 0 Å². The van der Waals surface area contributed by atoms with Crippen LogP contribution in [0.15, 0.2) is 18.2 Å². The average Bonchev–Trinajstić information content (AvgIpc) is 2.10. The van der Waals surface area contributed by atoms with Crippen molar-refractivity contribution >= 4 is 28.3 Å². The highest BCUT2D eigenvalue weighted by Gasteiger charge is 2.17. The van der Waals surface area contributed by atoms with E-state index in [9.17, 15) is 0 Å². The number of halogens is 1. The minimum absolute atomic E-state index is 0.152. The topological polar surface area (TPSA) is 35.2 Å². The number of rotatable bonds is 3. The summed E-state index contributed by atoms with van der Waals surface area (Å²) in [6.45, 7) is 6.22. The molecule has 1 aromatic carbocycles. The number of hydrogen-bond acceptors (Lipinski definition) is 2. The zero-order chi connectivity index (χ0) is 10.8. The summed E-state index contributed by atoms with van der Waals surface area (Å²) in [4.78, 5) is 0. The van der Waals surface area contributed by atoms with Crippen LogP contribution in [0.4, 0.5) is 5.69 Å². The second-order valence-electron chi connectivity index (χ2n) is 3.90. The van der Waals surface area contributed by atoms with Gasteiger partial charge < -0.3 is 10.5 Å². The van der Waals surface area contributed by atoms with Gasteiger partial charge in [-0.1, -0.05) is 6.92 Å². The number of ether oxygens (including phenoxy) is 1. The summed E-state index contributed by atoms with van der Waals surface area (Å²) in [5.41, 5.74) is 6.41. The number of nitrogen functional groups attached to an aromatic ring is 1. The summed E-state index contributed by atoms with van der Waals surface area (Å²) in [6.07, 6.45) is 0.957. The smallest absolute Gasteiger partial charge is 0.143 e. The third kappa shape index (κ3) is 3.04. The van der Waals surface area contributed by atoms with Crippen molar-refractivity contribution in [2.24, 2.45) is 0 Å². The largest absolute Gasteiger partial charge is 0.486 e. The quantitative estimate of drug-likeness (QED) is 0.686. The maximum absolute atomic E-state index is 5.85. The van der Waals surface area contributed by atoms with Crippen LogP contribution < -0.4 is 10.5 Å². The molecule has 0 heterocycles. The zero-order valence-corrected chi connectivity index (χ0v) is 11.0. The average molecular weight is 305 g/mol. The Balaban J connectivity index is 2.87. The molecule has 2 nitrogen and oxygen atoms in total. The molecule has 0 radical (unpaired) electrons. The van der Waals surface area contributed by atoms with E-state index in [1.807, 2.05) is 18.2 Å². The second kappa shape index (κ2) is 4.38. The molecule has 0 aliphatic carbocycles. The highest BCUT2D eigenvalue weighted by molar-refractivity contribution is 14.1. The van der Waals surface area contributed by atoms with E-state index in [0.29, 0.717) is 5.69 Å². The monoisotopic (exact) mass is 305 g/mol. The third-order valence-electron chi connectivity index (χ3n) is 2.21. The van der Waals surface area contributed by atoms with Crippen LogP contribution in [0.1, 0.15) is 27.2 Å². The van der Waals surface area contributed by atoms with Crippen molar-refractivity contribution < 1.29 is 4.74 Å². The van der Waals surface area contributed by atoms with Crippen molar-refractivity contribution in [3.05, 3.63) is 21.8 Å². The molecule has 0 fully saturated rings. The standard InChI is InChI=1S/C11H16INO/c1-4-11(2,3)14-10-6-5-8(12)7-9(10)13/h5-7H,4,13H2,1-3H3. The maximum atomic E-state index is 5.85. The Morgan fingerprint density at radius 3 is 2.57 bits per heavy atom. The Bertz CT molecular complexity index is 323. The molecular formula is C11H16INO. The van der Waals surface area contributed by atoms with Gasteiger partial charge in [-0.05, 0) is 61.1 Å². The van der Waals surface area contributed by atoms with E-state index in [1.165, 1.54) is 0 Å². The minimum Gasteiger partial charge on any atom is -0.486 e. The summed E-state index contributed by atoms with van der Waals surface area (Å²) in [5, 5.41) is 0. The summed E-state index contributed by atoms with van der Waals surface area (Å²) >= 11 is 2.23. The van der Waals surface area contributed by atoms with Crippen molar-refractivity contribution in [1.82, 2.24) is 0 Å². The van der Waals surface area contributed by atoms with E-state index in [-0.39, 0.29) is 5.60 Å². The Labute approximate surface area is 99.0 Å². The molecule has 0 bridgehead atoms. The normalized spacial score (nSPS) is 11.4. The van der Waals surface area contributed by atoms with Gasteiger partial charge in [0.2, 0.25) is 0 Å². The van der Waals surface area contributed by atoms with Gasteiger partial charge in [0.25, 0.3) is 0 Å². The van der Waals surface area contributed by atoms with E-state index >= 15 is 0 Å². The highest BCUT2D eigenvalue weighted by atomic mass is 127. The highest BCUT2D eigenvalue weighted by Crippen LogP contribution is 2.28. The fourth-order valence-corrected chi connectivity index (χ4v) is 1.50. The Morgan fingerprint density at radius 1 is 1.43 bits per heavy atom. The molecule has 0 spiro atoms. The van der Waals surface area contributed by atoms with Crippen molar-refractivity contribution in [2.45, 2.75) is 32.8 Å². The summed E-state index contributed by atoms with van der Waals surface area (Å²) < 4.78 is 6.94. The predicted octanol–water partition coefficient (Wildman–Crippen LogP) is 3.44. The van der Waals surface area contributed by atoms with Gasteiger partial charge in [-0.2, -0.15) is 0 Å². The van der Waals surface area contributed by atoms with Gasteiger partial charge in [0.05, 0.1) is 5.69 Å². The lowest BCUT2D eigenvalue weighted by Gasteiger charge is -2.25. The Kier molecular flexibility index (Phi) is 3.64. The first-order chi connectivity index (χ1) is 6.44. The van der Waals surface area contributed by atoms with Gasteiger partial charge in [0, 0.05) is 3.57 Å². The molecule has 1 aromatic rings. The fourth-order valence-electron chi connectivity index (χ4n) is 0.982. The minimum atomic E-state index is -0.152. The fraction of sp³-hybridized carbons (Fsp3) is 0.455. The molecule has 3 heteroatoms. The van der Waals surface area contributed by atoms with Gasteiger partial charge in [-0.25, -0.2) is 0 Å². The number of anilines is 1. The maximum Gasteiger partial charge on any atom is 0.143 e. The molecule has 0 saturated carbocycles. The summed E-state index contributed by atoms with van der Waals surface area (Å²) in [6, 6.07) is 5.84. The molecule has 0 amide bonds. The van der Waals surface area contributed by atoms with Crippen LogP contribution in [-0.4, -0.2) is 5.60 Å². The third-order valence-corrected chi connectivity index (χ3v) is 2.88. The molecule has 14 heavy (non-hydrogen) atoms. The Hall–Kier alpha value is -0.450. The molecule has 0 aliphatic rings. The van der Waals surface area contributed by atoms with Crippen molar-refractivity contribution in [3.63, 3.8) is 0 Å². The van der Waals surface area contributed by atoms with Crippen molar-refractivity contribution in [1.29, 1.82) is 0 Å². The van der Waals surface area contributed by atoms with Gasteiger partial charge in [0.1, 0.15) is 11.4 Å². The molecule has 0 saturated heterocycles. The van der Waals surface area contributed by atoms with Crippen LogP contribution in [-0.2, 0) is 0 Å². The van der Waals surface area contributed by atoms with Crippen LogP contribution >= 0.6 is 22.6 Å². The number of nitrogens with two attached hydrogens (primary N) is 1. The molecule has 1 rings (SSSR count). The van der Waals surface area contributed by atoms with Crippen LogP contribution in [0.25, 0.3) is 0 Å². The number of hydrogen-bond donors (Lipinski definition) is 1. The van der Waals surface area contributed by atoms with Gasteiger partial charge in [-0.3, -0.25) is 0 Å². The Morgan fingerprint density at radius 2 is 2.07 bits per heavy atom. The van der Waals surface area contributed by atoms with Gasteiger partial charge >= 0.3 is 0 Å². The lowest BCUT2D eigenvalue weighted by Crippen LogP contribution is -2.27. The lowest BCUT2D eigenvalue weighted by molar-refractivity contribution is 0.106. The van der Waals surface area contributed by atoms with Crippen LogP contribution in [0, 0.1) is 3.57 Å². The van der Waals surface area contributed by atoms with Gasteiger partial charge in [0.15, 0.2) is 0 Å². The second-order valence-corrected chi connectivity index (χ2v) is 5.14. The van der Waals surface area contributed by atoms with E-state index < -0.39 is 0 Å². The van der Waals surface area contributed by atoms with Crippen molar-refractivity contribution in [3.8, 4) is 5.75 Å². The molecule has 2 N–H and O–H groups in total. The number of benzene rings is 1. The lowest BCUT2D eigenvalue weighted by atomic mass is 10.1. The predicted molar refractivity (Wildman–Crippen MR) is 68.6 cm³/mol. The summed E-state index contributed by atoms with van der Waals surface area (Å²) in [7, 11) is 0. The first kappa shape index (κ1) is 11.6. The molecule has 0 unspecified atom stereocenters. The first-order valence-corrected chi connectivity index (χ1v) is 5.76. The van der Waals surface area contributed by atoms with Gasteiger partial charge in [-0.15, -0.1) is 0 Å². The van der Waals surface area contributed by atoms with Crippen LogP contribution in [0.2, 0.25) is 0 Å². The van der Waals surface area contributed by atoms with E-state index in [0.717, 1.165) is 15.7 Å². The van der Waals surface area contributed by atoms with E-state index in [2.05, 4.69) is 43.4 Å². The van der Waals surface area contributed by atoms with Crippen molar-refractivity contribution in [2.75, 3.05) is 5.73 Å². The molecular weight excluding hydrogens is 289 g/mol. The first-order valence-electron chi connectivity index (χ1n) is 4.68. The molecule has 78 valence electrons. The van der Waals surface area contributed by atoms with Crippen LogP contribution in [0.5, 0.6) is 5.75 Å². The zero-order valence-electron chi connectivity index (χ0n) is 8.80. The molecule has 0 atom stereocenters. The van der Waals surface area contributed by atoms with E-state index in [4.69, 9.17) is 10.5 Å².